The van der Waals surface area contributed by atoms with Crippen molar-refractivity contribution >= 4 is 11.8 Å². The maximum Gasteiger partial charge on any atom is 0.217 e. The van der Waals surface area contributed by atoms with E-state index in [2.05, 4.69) is 24.5 Å². The first-order valence-electron chi connectivity index (χ1n) is 11.3. The Kier molecular flexibility index (Phi) is 4.83. The SMILES string of the molecule is CC(=O)N[C@@H]1CC[C@@]2(C)[C@@H](CC[C@@H]3[C@@H]2CC[C@]2(C)[C@@H](NC(C)=O)CC[C@@H]32)C1. The van der Waals surface area contributed by atoms with Crippen LogP contribution in [0.5, 0.6) is 0 Å². The molecular formula is C23H38N2O2. The third-order valence-corrected chi connectivity index (χ3v) is 9.45. The number of hydrogen-bond donors (Lipinski definition) is 2. The van der Waals surface area contributed by atoms with Crippen molar-refractivity contribution in [3.8, 4) is 0 Å². The van der Waals surface area contributed by atoms with E-state index in [1.165, 1.54) is 44.9 Å². The standard InChI is InChI=1S/C23H38N2O2/c1-14(26)24-17-9-11-22(3)16(13-17)5-6-18-19-7-8-21(25-15(2)27)23(19,4)12-10-20(18)22/h16-21H,5-13H2,1-4H3,(H,24,26)(H,25,27)/t16-,17+,18-,19-,20-,21-,22-,23-/m0/s1. The first kappa shape index (κ1) is 19.3. The lowest BCUT2D eigenvalue weighted by molar-refractivity contribution is -0.126. The van der Waals surface area contributed by atoms with E-state index in [0.29, 0.717) is 22.9 Å². The lowest BCUT2D eigenvalue weighted by atomic mass is 9.45. The van der Waals surface area contributed by atoms with E-state index in [-0.39, 0.29) is 11.8 Å². The van der Waals surface area contributed by atoms with Crippen molar-refractivity contribution in [2.24, 2.45) is 34.5 Å². The Morgan fingerprint density at radius 3 is 2.15 bits per heavy atom. The summed E-state index contributed by atoms with van der Waals surface area (Å²) in [6.45, 7) is 8.35. The zero-order valence-electron chi connectivity index (χ0n) is 17.6. The molecule has 4 saturated carbocycles. The van der Waals surface area contributed by atoms with Crippen molar-refractivity contribution in [3.63, 3.8) is 0 Å². The largest absolute Gasteiger partial charge is 0.354 e. The molecule has 0 aromatic carbocycles. The summed E-state index contributed by atoms with van der Waals surface area (Å²) >= 11 is 0. The minimum absolute atomic E-state index is 0.126. The van der Waals surface area contributed by atoms with Gasteiger partial charge in [0.2, 0.25) is 11.8 Å². The van der Waals surface area contributed by atoms with E-state index in [0.717, 1.165) is 36.5 Å². The molecule has 0 spiro atoms. The molecule has 8 atom stereocenters. The number of hydrogen-bond acceptors (Lipinski definition) is 2. The molecule has 0 saturated heterocycles. The highest BCUT2D eigenvalue weighted by molar-refractivity contribution is 5.73. The van der Waals surface area contributed by atoms with Crippen LogP contribution in [-0.4, -0.2) is 23.9 Å². The van der Waals surface area contributed by atoms with Gasteiger partial charge in [-0.3, -0.25) is 9.59 Å². The van der Waals surface area contributed by atoms with Crippen molar-refractivity contribution in [2.45, 2.75) is 97.6 Å². The highest BCUT2D eigenvalue weighted by atomic mass is 16.2. The van der Waals surface area contributed by atoms with Gasteiger partial charge in [0.1, 0.15) is 0 Å². The molecule has 4 fully saturated rings. The summed E-state index contributed by atoms with van der Waals surface area (Å²) in [5, 5.41) is 6.48. The second-order valence-corrected chi connectivity index (χ2v) is 10.7. The Morgan fingerprint density at radius 1 is 0.778 bits per heavy atom. The Morgan fingerprint density at radius 2 is 1.44 bits per heavy atom. The van der Waals surface area contributed by atoms with Crippen LogP contribution in [0.4, 0.5) is 0 Å². The zero-order chi connectivity index (χ0) is 19.4. The predicted octanol–water partition coefficient (Wildman–Crippen LogP) is 4.04. The highest BCUT2D eigenvalue weighted by Crippen LogP contribution is 2.66. The average molecular weight is 375 g/mol. The quantitative estimate of drug-likeness (QED) is 0.766. The molecular weight excluding hydrogens is 336 g/mol. The lowest BCUT2D eigenvalue weighted by Gasteiger charge is -2.61. The van der Waals surface area contributed by atoms with Gasteiger partial charge in [-0.2, -0.15) is 0 Å². The summed E-state index contributed by atoms with van der Waals surface area (Å²) in [6.07, 6.45) is 11.3. The van der Waals surface area contributed by atoms with Gasteiger partial charge < -0.3 is 10.6 Å². The molecule has 2 amide bonds. The molecule has 27 heavy (non-hydrogen) atoms. The predicted molar refractivity (Wildman–Crippen MR) is 107 cm³/mol. The minimum atomic E-state index is 0.126. The van der Waals surface area contributed by atoms with Gasteiger partial charge in [-0.05, 0) is 92.3 Å². The van der Waals surface area contributed by atoms with Crippen LogP contribution in [0.2, 0.25) is 0 Å². The fourth-order valence-electron chi connectivity index (χ4n) is 8.16. The van der Waals surface area contributed by atoms with Crippen LogP contribution in [-0.2, 0) is 9.59 Å². The number of amides is 2. The molecule has 4 rings (SSSR count). The van der Waals surface area contributed by atoms with Gasteiger partial charge in [0.05, 0.1) is 0 Å². The van der Waals surface area contributed by atoms with Crippen molar-refractivity contribution < 1.29 is 9.59 Å². The minimum Gasteiger partial charge on any atom is -0.354 e. The molecule has 0 bridgehead atoms. The Labute approximate surface area is 164 Å². The van der Waals surface area contributed by atoms with Crippen molar-refractivity contribution in [1.82, 2.24) is 10.6 Å². The average Bonchev–Trinajstić information content (AvgIpc) is 2.91. The van der Waals surface area contributed by atoms with E-state index in [1.807, 2.05) is 0 Å². The first-order valence-corrected chi connectivity index (χ1v) is 11.3. The number of fused-ring (bicyclic) bond motifs is 5. The Bertz CT molecular complexity index is 619. The van der Waals surface area contributed by atoms with Gasteiger partial charge in [0, 0.05) is 25.9 Å². The van der Waals surface area contributed by atoms with Gasteiger partial charge in [0.25, 0.3) is 0 Å². The zero-order valence-corrected chi connectivity index (χ0v) is 17.6. The van der Waals surface area contributed by atoms with Crippen LogP contribution in [0.15, 0.2) is 0 Å². The van der Waals surface area contributed by atoms with E-state index in [9.17, 15) is 9.59 Å². The monoisotopic (exact) mass is 374 g/mol. The van der Waals surface area contributed by atoms with Crippen LogP contribution in [0.3, 0.4) is 0 Å². The molecule has 0 heterocycles. The molecule has 4 aliphatic carbocycles. The molecule has 0 radical (unpaired) electrons. The van der Waals surface area contributed by atoms with Crippen LogP contribution in [0, 0.1) is 34.5 Å². The van der Waals surface area contributed by atoms with Crippen molar-refractivity contribution in [2.75, 3.05) is 0 Å². The fourth-order valence-corrected chi connectivity index (χ4v) is 8.16. The smallest absolute Gasteiger partial charge is 0.217 e. The van der Waals surface area contributed by atoms with Gasteiger partial charge in [-0.15, -0.1) is 0 Å². The summed E-state index contributed by atoms with van der Waals surface area (Å²) in [7, 11) is 0. The molecule has 4 aliphatic rings. The fraction of sp³-hybridized carbons (Fsp3) is 0.913. The lowest BCUT2D eigenvalue weighted by Crippen LogP contribution is -2.57. The molecule has 4 nitrogen and oxygen atoms in total. The van der Waals surface area contributed by atoms with Crippen molar-refractivity contribution in [3.05, 3.63) is 0 Å². The van der Waals surface area contributed by atoms with E-state index in [4.69, 9.17) is 0 Å². The summed E-state index contributed by atoms with van der Waals surface area (Å²) in [5.41, 5.74) is 0.745. The van der Waals surface area contributed by atoms with Gasteiger partial charge in [-0.1, -0.05) is 13.8 Å². The van der Waals surface area contributed by atoms with Gasteiger partial charge >= 0.3 is 0 Å². The van der Waals surface area contributed by atoms with E-state index < -0.39 is 0 Å². The van der Waals surface area contributed by atoms with Gasteiger partial charge in [-0.25, -0.2) is 0 Å². The van der Waals surface area contributed by atoms with Crippen LogP contribution >= 0.6 is 0 Å². The maximum atomic E-state index is 11.7. The normalized spacial score (nSPS) is 48.7. The highest BCUT2D eigenvalue weighted by Gasteiger charge is 2.60. The summed E-state index contributed by atoms with van der Waals surface area (Å²) < 4.78 is 0. The number of carbonyl (C=O) groups is 2. The third kappa shape index (κ3) is 3.11. The Hall–Kier alpha value is -1.06. The summed E-state index contributed by atoms with van der Waals surface area (Å²) in [4.78, 5) is 23.2. The maximum absolute atomic E-state index is 11.7. The number of rotatable bonds is 2. The molecule has 4 heteroatoms. The van der Waals surface area contributed by atoms with Crippen LogP contribution in [0.1, 0.15) is 85.5 Å². The number of carbonyl (C=O) groups excluding carboxylic acids is 2. The molecule has 2 N–H and O–H groups in total. The van der Waals surface area contributed by atoms with Crippen LogP contribution < -0.4 is 10.6 Å². The topological polar surface area (TPSA) is 58.2 Å². The second-order valence-electron chi connectivity index (χ2n) is 10.7. The second kappa shape index (κ2) is 6.77. The van der Waals surface area contributed by atoms with Crippen molar-refractivity contribution in [1.29, 1.82) is 0 Å². The Balaban J connectivity index is 1.51. The number of nitrogens with one attached hydrogen (secondary N) is 2. The summed E-state index contributed by atoms with van der Waals surface area (Å²) in [5.74, 6) is 3.47. The third-order valence-electron chi connectivity index (χ3n) is 9.45. The molecule has 0 aliphatic heterocycles. The van der Waals surface area contributed by atoms with Crippen LogP contribution in [0.25, 0.3) is 0 Å². The molecule has 0 aromatic heterocycles. The summed E-state index contributed by atoms with van der Waals surface area (Å²) in [6, 6.07) is 0.767. The van der Waals surface area contributed by atoms with E-state index >= 15 is 0 Å². The first-order chi connectivity index (χ1) is 12.7. The van der Waals surface area contributed by atoms with E-state index in [1.54, 1.807) is 13.8 Å². The molecule has 152 valence electrons. The molecule has 0 unspecified atom stereocenters. The van der Waals surface area contributed by atoms with Gasteiger partial charge in [0.15, 0.2) is 0 Å². The molecule has 0 aromatic rings.